The van der Waals surface area contributed by atoms with E-state index in [1.807, 2.05) is 0 Å². The molecule has 0 unspecified atom stereocenters. The molecule has 0 amide bonds. The lowest BCUT2D eigenvalue weighted by Crippen LogP contribution is -1.98. The average Bonchev–Trinajstić information content (AvgIpc) is 2.17. The van der Waals surface area contributed by atoms with Crippen LogP contribution >= 0.6 is 0 Å². The van der Waals surface area contributed by atoms with Crippen molar-refractivity contribution in [2.45, 2.75) is 12.8 Å². The van der Waals surface area contributed by atoms with Gasteiger partial charge in [0.15, 0.2) is 5.82 Å². The summed E-state index contributed by atoms with van der Waals surface area (Å²) in [5.74, 6) is 0.608. The quantitative estimate of drug-likeness (QED) is 0.483. The van der Waals surface area contributed by atoms with Crippen LogP contribution in [0.2, 0.25) is 0 Å². The average molecular weight is 177 g/mol. The Balaban J connectivity index is 2.48. The van der Waals surface area contributed by atoms with E-state index >= 15 is 0 Å². The Hall–Kier alpha value is -1.78. The second kappa shape index (κ2) is 2.93. The van der Waals surface area contributed by atoms with Gasteiger partial charge in [0.05, 0.1) is 4.92 Å². The minimum Gasteiger partial charge on any atom is -0.258 e. The molecule has 0 atom stereocenters. The first kappa shape index (κ1) is 7.85. The van der Waals surface area contributed by atoms with Crippen molar-refractivity contribution in [1.29, 1.82) is 0 Å². The van der Waals surface area contributed by atoms with Crippen LogP contribution in [0.3, 0.4) is 0 Å². The van der Waals surface area contributed by atoms with Gasteiger partial charge in [-0.3, -0.25) is 10.1 Å². The van der Waals surface area contributed by atoms with Crippen LogP contribution in [-0.2, 0) is 6.42 Å². The summed E-state index contributed by atoms with van der Waals surface area (Å²) in [4.78, 5) is 17.9. The SMILES string of the molecule is O=[N+]([O-])c1cnc2c(c1)CCC=N2. The summed E-state index contributed by atoms with van der Waals surface area (Å²) in [5, 5.41) is 10.4. The zero-order chi connectivity index (χ0) is 9.26. The highest BCUT2D eigenvalue weighted by molar-refractivity contribution is 5.67. The maximum atomic E-state index is 10.4. The van der Waals surface area contributed by atoms with E-state index < -0.39 is 4.92 Å². The normalized spacial score (nSPS) is 13.8. The van der Waals surface area contributed by atoms with E-state index in [4.69, 9.17) is 0 Å². The third kappa shape index (κ3) is 1.40. The number of nitro groups is 1. The smallest absolute Gasteiger partial charge is 0.258 e. The van der Waals surface area contributed by atoms with Gasteiger partial charge in [-0.2, -0.15) is 0 Å². The molecular formula is C8H7N3O2. The van der Waals surface area contributed by atoms with E-state index in [0.717, 1.165) is 18.4 Å². The molecule has 1 aliphatic heterocycles. The molecule has 1 aromatic heterocycles. The third-order valence-corrected chi connectivity index (χ3v) is 1.90. The minimum atomic E-state index is -0.439. The van der Waals surface area contributed by atoms with Crippen LogP contribution in [0.1, 0.15) is 12.0 Å². The fraction of sp³-hybridized carbons (Fsp3) is 0.250. The van der Waals surface area contributed by atoms with Gasteiger partial charge < -0.3 is 0 Å². The zero-order valence-electron chi connectivity index (χ0n) is 6.80. The van der Waals surface area contributed by atoms with Crippen LogP contribution in [0, 0.1) is 10.1 Å². The van der Waals surface area contributed by atoms with Crippen molar-refractivity contribution in [2.24, 2.45) is 4.99 Å². The molecule has 1 aromatic rings. The first-order valence-corrected chi connectivity index (χ1v) is 3.93. The molecule has 2 heterocycles. The van der Waals surface area contributed by atoms with Crippen molar-refractivity contribution >= 4 is 17.7 Å². The summed E-state index contributed by atoms with van der Waals surface area (Å²) < 4.78 is 0. The van der Waals surface area contributed by atoms with Crippen LogP contribution in [0.15, 0.2) is 17.3 Å². The molecule has 13 heavy (non-hydrogen) atoms. The van der Waals surface area contributed by atoms with Crippen LogP contribution in [0.5, 0.6) is 0 Å². The minimum absolute atomic E-state index is 0.0378. The highest BCUT2D eigenvalue weighted by atomic mass is 16.6. The molecule has 0 aliphatic carbocycles. The van der Waals surface area contributed by atoms with Gasteiger partial charge >= 0.3 is 0 Å². The number of nitrogens with zero attached hydrogens (tertiary/aromatic N) is 3. The Kier molecular flexibility index (Phi) is 1.77. The summed E-state index contributed by atoms with van der Waals surface area (Å²) in [6, 6.07) is 1.54. The third-order valence-electron chi connectivity index (χ3n) is 1.90. The fourth-order valence-corrected chi connectivity index (χ4v) is 1.26. The highest BCUT2D eigenvalue weighted by Gasteiger charge is 2.12. The van der Waals surface area contributed by atoms with Gasteiger partial charge in [-0.15, -0.1) is 0 Å². The van der Waals surface area contributed by atoms with E-state index in [2.05, 4.69) is 9.98 Å². The van der Waals surface area contributed by atoms with E-state index in [-0.39, 0.29) is 5.69 Å². The largest absolute Gasteiger partial charge is 0.288 e. The van der Waals surface area contributed by atoms with Crippen molar-refractivity contribution in [2.75, 3.05) is 0 Å². The van der Waals surface area contributed by atoms with Gasteiger partial charge in [-0.25, -0.2) is 9.98 Å². The lowest BCUT2D eigenvalue weighted by molar-refractivity contribution is -0.385. The van der Waals surface area contributed by atoms with Gasteiger partial charge in [-0.1, -0.05) is 0 Å². The first-order valence-electron chi connectivity index (χ1n) is 3.93. The van der Waals surface area contributed by atoms with Gasteiger partial charge in [0.25, 0.3) is 5.69 Å². The molecule has 5 nitrogen and oxygen atoms in total. The molecule has 0 fully saturated rings. The maximum Gasteiger partial charge on any atom is 0.288 e. The summed E-state index contributed by atoms with van der Waals surface area (Å²) >= 11 is 0. The molecule has 66 valence electrons. The summed E-state index contributed by atoms with van der Waals surface area (Å²) in [7, 11) is 0. The molecule has 5 heteroatoms. The lowest BCUT2D eigenvalue weighted by Gasteiger charge is -2.06. The molecule has 2 rings (SSSR count). The van der Waals surface area contributed by atoms with Crippen LogP contribution in [0.4, 0.5) is 11.5 Å². The second-order valence-corrected chi connectivity index (χ2v) is 2.78. The Morgan fingerprint density at radius 2 is 2.38 bits per heavy atom. The highest BCUT2D eigenvalue weighted by Crippen LogP contribution is 2.24. The van der Waals surface area contributed by atoms with Crippen LogP contribution in [0.25, 0.3) is 0 Å². The van der Waals surface area contributed by atoms with Crippen molar-refractivity contribution in [3.63, 3.8) is 0 Å². The number of aliphatic imine (C=N–C) groups is 1. The number of hydrogen-bond donors (Lipinski definition) is 0. The Bertz CT molecular complexity index is 387. The number of aryl methyl sites for hydroxylation is 1. The molecule has 0 saturated carbocycles. The summed E-state index contributed by atoms with van der Waals surface area (Å²) in [6.07, 6.45) is 4.63. The molecule has 0 saturated heterocycles. The van der Waals surface area contributed by atoms with E-state index in [1.165, 1.54) is 6.20 Å². The maximum absolute atomic E-state index is 10.4. The number of rotatable bonds is 1. The van der Waals surface area contributed by atoms with E-state index in [9.17, 15) is 10.1 Å². The summed E-state index contributed by atoms with van der Waals surface area (Å²) in [5.41, 5.74) is 0.896. The van der Waals surface area contributed by atoms with Gasteiger partial charge in [0, 0.05) is 17.8 Å². The van der Waals surface area contributed by atoms with Crippen LogP contribution < -0.4 is 0 Å². The molecule has 0 radical (unpaired) electrons. The number of aromatic nitrogens is 1. The Morgan fingerprint density at radius 3 is 3.15 bits per heavy atom. The number of hydrogen-bond acceptors (Lipinski definition) is 4. The van der Waals surface area contributed by atoms with Crippen LogP contribution in [-0.4, -0.2) is 16.1 Å². The molecule has 0 aromatic carbocycles. The van der Waals surface area contributed by atoms with Crippen molar-refractivity contribution < 1.29 is 4.92 Å². The van der Waals surface area contributed by atoms with Gasteiger partial charge in [0.2, 0.25) is 0 Å². The Labute approximate surface area is 74.3 Å². The molecule has 0 N–H and O–H groups in total. The zero-order valence-corrected chi connectivity index (χ0v) is 6.80. The standard InChI is InChI=1S/C8H7N3O2/c12-11(13)7-4-6-2-1-3-9-8(6)10-5-7/h3-5H,1-2H2. The topological polar surface area (TPSA) is 68.4 Å². The molecule has 1 aliphatic rings. The van der Waals surface area contributed by atoms with Crippen molar-refractivity contribution in [1.82, 2.24) is 4.98 Å². The first-order chi connectivity index (χ1) is 6.27. The number of pyridine rings is 1. The molecule has 0 bridgehead atoms. The monoisotopic (exact) mass is 177 g/mol. The second-order valence-electron chi connectivity index (χ2n) is 2.78. The van der Waals surface area contributed by atoms with Crippen molar-refractivity contribution in [3.8, 4) is 0 Å². The van der Waals surface area contributed by atoms with Crippen molar-refractivity contribution in [3.05, 3.63) is 27.9 Å². The molecular weight excluding hydrogens is 170 g/mol. The molecule has 0 spiro atoms. The van der Waals surface area contributed by atoms with Gasteiger partial charge in [0.1, 0.15) is 6.20 Å². The van der Waals surface area contributed by atoms with E-state index in [1.54, 1.807) is 12.3 Å². The van der Waals surface area contributed by atoms with E-state index in [0.29, 0.717) is 5.82 Å². The van der Waals surface area contributed by atoms with Gasteiger partial charge in [-0.05, 0) is 12.8 Å². The number of fused-ring (bicyclic) bond motifs is 1. The predicted octanol–water partition coefficient (Wildman–Crippen LogP) is 1.64. The lowest BCUT2D eigenvalue weighted by atomic mass is 10.1. The summed E-state index contributed by atoms with van der Waals surface area (Å²) in [6.45, 7) is 0. The fourth-order valence-electron chi connectivity index (χ4n) is 1.26. The Morgan fingerprint density at radius 1 is 1.54 bits per heavy atom. The predicted molar refractivity (Wildman–Crippen MR) is 47.4 cm³/mol.